The van der Waals surface area contributed by atoms with Gasteiger partial charge in [0.2, 0.25) is 5.91 Å². The third-order valence-electron chi connectivity index (χ3n) is 4.03. The van der Waals surface area contributed by atoms with Crippen LogP contribution >= 0.6 is 0 Å². The van der Waals surface area contributed by atoms with Gasteiger partial charge in [-0.15, -0.1) is 0 Å². The Labute approximate surface area is 160 Å². The number of ether oxygens (including phenoxy) is 2. The number of rotatable bonds is 6. The second-order valence-electron chi connectivity index (χ2n) is 7.49. The van der Waals surface area contributed by atoms with Gasteiger partial charge in [0.05, 0.1) is 13.0 Å². The van der Waals surface area contributed by atoms with Gasteiger partial charge >= 0.3 is 12.1 Å². The van der Waals surface area contributed by atoms with Crippen molar-refractivity contribution in [2.45, 2.75) is 51.7 Å². The molecule has 1 atom stereocenters. The smallest absolute Gasteiger partial charge is 0.411 e. The molecule has 0 unspecified atom stereocenters. The third kappa shape index (κ3) is 6.92. The van der Waals surface area contributed by atoms with E-state index in [2.05, 4.69) is 5.32 Å². The van der Waals surface area contributed by atoms with Gasteiger partial charge in [0.1, 0.15) is 11.6 Å². The first-order valence-corrected chi connectivity index (χ1v) is 9.23. The molecule has 2 rings (SSSR count). The van der Waals surface area contributed by atoms with Gasteiger partial charge in [-0.2, -0.15) is 0 Å². The van der Waals surface area contributed by atoms with Crippen LogP contribution in [0.5, 0.6) is 0 Å². The molecule has 0 bridgehead atoms. The van der Waals surface area contributed by atoms with E-state index in [-0.39, 0.29) is 18.9 Å². The second-order valence-corrected chi connectivity index (χ2v) is 7.49. The number of nitrogens with zero attached hydrogens (tertiary/aromatic N) is 1. The summed E-state index contributed by atoms with van der Waals surface area (Å²) in [5.74, 6) is -0.869. The molecule has 1 N–H and O–H groups in total. The number of hydrogen-bond acceptors (Lipinski definition) is 5. The maximum atomic E-state index is 12.3. The highest BCUT2D eigenvalue weighted by Gasteiger charge is 2.37. The molecule has 0 aromatic heterocycles. The number of piperazine rings is 1. The quantitative estimate of drug-likeness (QED) is 0.608. The van der Waals surface area contributed by atoms with Crippen LogP contribution < -0.4 is 5.32 Å². The molecule has 1 heterocycles. The Morgan fingerprint density at radius 3 is 2.59 bits per heavy atom. The fourth-order valence-electron chi connectivity index (χ4n) is 2.78. The molecule has 1 saturated heterocycles. The summed E-state index contributed by atoms with van der Waals surface area (Å²) in [5.41, 5.74) is 0.504. The number of amides is 2. The van der Waals surface area contributed by atoms with Crippen LogP contribution in [0, 0.1) is 0 Å². The van der Waals surface area contributed by atoms with Gasteiger partial charge in [0, 0.05) is 13.1 Å². The summed E-state index contributed by atoms with van der Waals surface area (Å²) in [4.78, 5) is 37.9. The van der Waals surface area contributed by atoms with E-state index < -0.39 is 23.7 Å². The topological polar surface area (TPSA) is 84.9 Å². The molecule has 1 fully saturated rings. The van der Waals surface area contributed by atoms with Gasteiger partial charge in [-0.3, -0.25) is 14.5 Å². The molecule has 2 amide bonds. The Kier molecular flexibility index (Phi) is 7.21. The minimum Gasteiger partial charge on any atom is -0.466 e. The summed E-state index contributed by atoms with van der Waals surface area (Å²) in [7, 11) is 0. The van der Waals surface area contributed by atoms with E-state index >= 15 is 0 Å². The van der Waals surface area contributed by atoms with E-state index in [1.807, 2.05) is 30.3 Å². The molecule has 7 nitrogen and oxygen atoms in total. The zero-order valence-electron chi connectivity index (χ0n) is 16.2. The highest BCUT2D eigenvalue weighted by molar-refractivity contribution is 5.90. The van der Waals surface area contributed by atoms with E-state index in [0.717, 1.165) is 6.42 Å². The molecule has 0 aliphatic carbocycles. The molecule has 1 aromatic carbocycles. The molecule has 1 aliphatic rings. The highest BCUT2D eigenvalue weighted by Crippen LogP contribution is 2.16. The van der Waals surface area contributed by atoms with Gasteiger partial charge in [0.15, 0.2) is 0 Å². The predicted octanol–water partition coefficient (Wildman–Crippen LogP) is 2.29. The molecule has 0 radical (unpaired) electrons. The van der Waals surface area contributed by atoms with Crippen LogP contribution in [0.1, 0.15) is 39.2 Å². The van der Waals surface area contributed by atoms with Crippen LogP contribution in [0.3, 0.4) is 0 Å². The average Bonchev–Trinajstić information content (AvgIpc) is 2.60. The minimum atomic E-state index is -0.907. The largest absolute Gasteiger partial charge is 0.466 e. The number of benzene rings is 1. The first-order chi connectivity index (χ1) is 12.8. The lowest BCUT2D eigenvalue weighted by Crippen LogP contribution is -2.58. The Morgan fingerprint density at radius 1 is 1.22 bits per heavy atom. The van der Waals surface area contributed by atoms with Crippen LogP contribution in [0.4, 0.5) is 4.79 Å². The fraction of sp³-hybridized carbons (Fsp3) is 0.550. The van der Waals surface area contributed by atoms with E-state index in [0.29, 0.717) is 19.5 Å². The van der Waals surface area contributed by atoms with Gasteiger partial charge in [-0.25, -0.2) is 4.79 Å². The molecular formula is C20H28N2O5. The van der Waals surface area contributed by atoms with Gasteiger partial charge < -0.3 is 14.8 Å². The first kappa shape index (κ1) is 20.7. The van der Waals surface area contributed by atoms with Gasteiger partial charge in [-0.05, 0) is 39.2 Å². The minimum absolute atomic E-state index is 0.184. The number of hydrogen-bond donors (Lipinski definition) is 1. The number of carbonyl (C=O) groups excluding carboxylic acids is 3. The predicted molar refractivity (Wildman–Crippen MR) is 100 cm³/mol. The van der Waals surface area contributed by atoms with Crippen molar-refractivity contribution in [1.29, 1.82) is 0 Å². The summed E-state index contributed by atoms with van der Waals surface area (Å²) >= 11 is 0. The lowest BCUT2D eigenvalue weighted by Gasteiger charge is -2.35. The summed E-state index contributed by atoms with van der Waals surface area (Å²) in [6, 6.07) is 9.02. The van der Waals surface area contributed by atoms with Crippen molar-refractivity contribution in [3.63, 3.8) is 0 Å². The molecule has 0 spiro atoms. The number of nitrogens with one attached hydrogen (secondary N) is 1. The van der Waals surface area contributed by atoms with Crippen molar-refractivity contribution in [2.24, 2.45) is 0 Å². The average molecular weight is 376 g/mol. The van der Waals surface area contributed by atoms with Crippen LogP contribution in [-0.4, -0.2) is 54.2 Å². The van der Waals surface area contributed by atoms with Crippen molar-refractivity contribution in [1.82, 2.24) is 10.2 Å². The van der Waals surface area contributed by atoms with Gasteiger partial charge in [0.25, 0.3) is 0 Å². The number of esters is 1. The van der Waals surface area contributed by atoms with Crippen LogP contribution in [-0.2, 0) is 25.5 Å². The molecule has 0 saturated carbocycles. The molecule has 1 aromatic rings. The van der Waals surface area contributed by atoms with Crippen molar-refractivity contribution in [2.75, 3.05) is 19.7 Å². The molecule has 1 aliphatic heterocycles. The maximum Gasteiger partial charge on any atom is 0.411 e. The van der Waals surface area contributed by atoms with Crippen LogP contribution in [0.2, 0.25) is 0 Å². The monoisotopic (exact) mass is 376 g/mol. The van der Waals surface area contributed by atoms with Crippen LogP contribution in [0.25, 0.3) is 0 Å². The van der Waals surface area contributed by atoms with E-state index in [9.17, 15) is 14.4 Å². The molecule has 27 heavy (non-hydrogen) atoms. The van der Waals surface area contributed by atoms with E-state index in [1.165, 1.54) is 10.5 Å². The Morgan fingerprint density at radius 2 is 1.93 bits per heavy atom. The van der Waals surface area contributed by atoms with Crippen molar-refractivity contribution < 1.29 is 23.9 Å². The normalized spacial score (nSPS) is 17.2. The molecule has 7 heteroatoms. The fourth-order valence-corrected chi connectivity index (χ4v) is 2.78. The van der Waals surface area contributed by atoms with Gasteiger partial charge in [-0.1, -0.05) is 30.3 Å². The highest BCUT2D eigenvalue weighted by atomic mass is 16.6. The lowest BCUT2D eigenvalue weighted by molar-refractivity contribution is -0.148. The van der Waals surface area contributed by atoms with Crippen molar-refractivity contribution >= 4 is 18.0 Å². The SMILES string of the molecule is CC(C)(C)OC(=O)N1CCNC(=O)[C@H]1CC(=O)OCCCc1ccccc1. The Balaban J connectivity index is 1.83. The van der Waals surface area contributed by atoms with Crippen molar-refractivity contribution in [3.8, 4) is 0 Å². The summed E-state index contributed by atoms with van der Waals surface area (Å²) < 4.78 is 10.6. The summed E-state index contributed by atoms with van der Waals surface area (Å²) in [5, 5.41) is 2.68. The second kappa shape index (κ2) is 9.39. The van der Waals surface area contributed by atoms with E-state index in [1.54, 1.807) is 20.8 Å². The van der Waals surface area contributed by atoms with E-state index in [4.69, 9.17) is 9.47 Å². The third-order valence-corrected chi connectivity index (χ3v) is 4.03. The molecule has 148 valence electrons. The first-order valence-electron chi connectivity index (χ1n) is 9.23. The standard InChI is InChI=1S/C20H28N2O5/c1-20(2,3)27-19(25)22-12-11-21-18(24)16(22)14-17(23)26-13-7-10-15-8-5-4-6-9-15/h4-6,8-9,16H,7,10-14H2,1-3H3,(H,21,24)/t16-/m1/s1. The van der Waals surface area contributed by atoms with Crippen LogP contribution in [0.15, 0.2) is 30.3 Å². The Hall–Kier alpha value is -2.57. The zero-order valence-corrected chi connectivity index (χ0v) is 16.2. The maximum absolute atomic E-state index is 12.3. The number of carbonyl (C=O) groups is 3. The zero-order chi connectivity index (χ0) is 19.9. The van der Waals surface area contributed by atoms with Crippen molar-refractivity contribution in [3.05, 3.63) is 35.9 Å². The summed E-state index contributed by atoms with van der Waals surface area (Å²) in [6.07, 6.45) is 0.722. The number of aryl methyl sites for hydroxylation is 1. The Bertz CT molecular complexity index is 654. The summed E-state index contributed by atoms with van der Waals surface area (Å²) in [6.45, 7) is 6.17. The lowest BCUT2D eigenvalue weighted by atomic mass is 10.1. The molecular weight excluding hydrogens is 348 g/mol.